The average Bonchev–Trinajstić information content (AvgIpc) is 3.48. The third kappa shape index (κ3) is 3.78. The Balaban J connectivity index is 1.35. The van der Waals surface area contributed by atoms with Crippen molar-refractivity contribution in [3.05, 3.63) is 79.2 Å². The first-order valence-electron chi connectivity index (χ1n) is 11.5. The van der Waals surface area contributed by atoms with E-state index in [1.165, 1.54) is 0 Å². The number of rotatable bonds is 5. The number of hydrogen-bond donors (Lipinski definition) is 2. The molecule has 5 aromatic rings. The first-order valence-corrected chi connectivity index (χ1v) is 11.5. The molecule has 171 valence electrons. The number of benzene rings is 3. The number of nitrogens with zero attached hydrogens (tertiary/aromatic N) is 3. The van der Waals surface area contributed by atoms with Crippen molar-refractivity contribution in [1.82, 2.24) is 20.2 Å². The Morgan fingerprint density at radius 3 is 2.85 bits per heavy atom. The molecule has 1 fully saturated rings. The van der Waals surface area contributed by atoms with Crippen molar-refractivity contribution >= 4 is 27.6 Å². The summed E-state index contributed by atoms with van der Waals surface area (Å²) in [4.78, 5) is 10.6. The van der Waals surface area contributed by atoms with Gasteiger partial charge in [-0.25, -0.2) is 4.98 Å². The maximum absolute atomic E-state index is 6.19. The molecule has 34 heavy (non-hydrogen) atoms. The first kappa shape index (κ1) is 20.7. The maximum Gasteiger partial charge on any atom is 0.159 e. The molecule has 1 saturated heterocycles. The summed E-state index contributed by atoms with van der Waals surface area (Å²) in [7, 11) is 0. The topological polar surface area (TPSA) is 79.1 Å². The van der Waals surface area contributed by atoms with Gasteiger partial charge in [-0.3, -0.25) is 5.10 Å². The molecule has 1 aliphatic rings. The summed E-state index contributed by atoms with van der Waals surface area (Å²) >= 11 is 0. The first-order chi connectivity index (χ1) is 16.7. The van der Waals surface area contributed by atoms with Gasteiger partial charge in [0.1, 0.15) is 18.1 Å². The van der Waals surface area contributed by atoms with E-state index in [4.69, 9.17) is 14.5 Å². The summed E-state index contributed by atoms with van der Waals surface area (Å²) in [5.74, 6) is 1.48. The molecule has 3 heterocycles. The van der Waals surface area contributed by atoms with Gasteiger partial charge in [0.05, 0.1) is 34.6 Å². The van der Waals surface area contributed by atoms with E-state index in [-0.39, 0.29) is 12.1 Å². The van der Waals surface area contributed by atoms with Gasteiger partial charge in [-0.15, -0.1) is 0 Å². The number of aromatic nitrogens is 4. The smallest absolute Gasteiger partial charge is 0.159 e. The number of fused-ring (bicyclic) bond motifs is 2. The largest absolute Gasteiger partial charge is 0.488 e. The molecule has 3 aromatic carbocycles. The maximum atomic E-state index is 6.19. The third-order valence-corrected chi connectivity index (χ3v) is 6.32. The lowest BCUT2D eigenvalue weighted by atomic mass is 10.1. The molecule has 1 radical (unpaired) electrons. The van der Waals surface area contributed by atoms with Crippen LogP contribution in [-0.2, 0) is 11.3 Å². The fourth-order valence-corrected chi connectivity index (χ4v) is 4.53. The van der Waals surface area contributed by atoms with E-state index in [1.807, 2.05) is 42.5 Å². The summed E-state index contributed by atoms with van der Waals surface area (Å²) in [5, 5.41) is 8.62. The second-order valence-corrected chi connectivity index (χ2v) is 8.77. The van der Waals surface area contributed by atoms with E-state index in [0.717, 1.165) is 51.2 Å². The Morgan fingerprint density at radius 2 is 1.97 bits per heavy atom. The number of aromatic amines is 2. The van der Waals surface area contributed by atoms with Crippen LogP contribution < -0.4 is 9.64 Å². The molecule has 2 unspecified atom stereocenters. The Bertz CT molecular complexity index is 1440. The van der Waals surface area contributed by atoms with Crippen molar-refractivity contribution in [2.45, 2.75) is 25.7 Å². The number of ether oxygens (including phenoxy) is 2. The monoisotopic (exact) mass is 452 g/mol. The Kier molecular flexibility index (Phi) is 5.19. The van der Waals surface area contributed by atoms with Crippen LogP contribution in [0, 0.1) is 6.92 Å². The standard InChI is InChI=1S/C27H26N5O2/c1-17-15-33-18(2)14-32(17)20-11-12-21-23(13-20)29-27(28-21)26-25-22(30-31-26)9-6-10-24(25)34-16-19-7-4-3-5-8-19/h3-13,17-18H,2,14-16H2,1H3,(H,28,29)(H,30,31). The normalized spacial score (nSPS) is 18.6. The average molecular weight is 453 g/mol. The van der Waals surface area contributed by atoms with Gasteiger partial charge in [0, 0.05) is 18.3 Å². The summed E-state index contributed by atoms with van der Waals surface area (Å²) in [5.41, 5.74) is 5.75. The van der Waals surface area contributed by atoms with Crippen molar-refractivity contribution in [3.63, 3.8) is 0 Å². The van der Waals surface area contributed by atoms with Crippen LogP contribution >= 0.6 is 0 Å². The molecule has 1 aliphatic heterocycles. The summed E-state index contributed by atoms with van der Waals surface area (Å²) in [6, 6.07) is 22.7. The SMILES string of the molecule is [CH2]C1CN(c2ccc3nc(-c4n[nH]c5cccc(OCc6ccccc6)c45)[nH]c3c2)C(C)CO1. The van der Waals surface area contributed by atoms with Crippen LogP contribution in [0.25, 0.3) is 33.5 Å². The van der Waals surface area contributed by atoms with Crippen molar-refractivity contribution < 1.29 is 9.47 Å². The zero-order valence-electron chi connectivity index (χ0n) is 19.0. The van der Waals surface area contributed by atoms with Gasteiger partial charge >= 0.3 is 0 Å². The molecule has 2 aromatic heterocycles. The summed E-state index contributed by atoms with van der Waals surface area (Å²) in [6.45, 7) is 8.16. The van der Waals surface area contributed by atoms with Crippen LogP contribution in [0.2, 0.25) is 0 Å². The van der Waals surface area contributed by atoms with Crippen molar-refractivity contribution in [2.75, 3.05) is 18.1 Å². The van der Waals surface area contributed by atoms with Gasteiger partial charge in [-0.05, 0) is 49.7 Å². The number of morpholine rings is 1. The van der Waals surface area contributed by atoms with Gasteiger partial charge in [0.25, 0.3) is 0 Å². The van der Waals surface area contributed by atoms with Crippen molar-refractivity contribution in [2.24, 2.45) is 0 Å². The highest BCUT2D eigenvalue weighted by atomic mass is 16.5. The molecule has 0 amide bonds. The molecule has 7 heteroatoms. The van der Waals surface area contributed by atoms with E-state index in [0.29, 0.717) is 19.0 Å². The number of nitrogens with one attached hydrogen (secondary N) is 2. The Labute approximate surface area is 197 Å². The molecule has 0 spiro atoms. The van der Waals surface area contributed by atoms with Crippen molar-refractivity contribution in [1.29, 1.82) is 0 Å². The fraction of sp³-hybridized carbons (Fsp3) is 0.222. The van der Waals surface area contributed by atoms with Crippen LogP contribution in [0.1, 0.15) is 12.5 Å². The zero-order valence-corrected chi connectivity index (χ0v) is 19.0. The highest BCUT2D eigenvalue weighted by Crippen LogP contribution is 2.34. The quantitative estimate of drug-likeness (QED) is 0.387. The number of anilines is 1. The second-order valence-electron chi connectivity index (χ2n) is 8.77. The van der Waals surface area contributed by atoms with Crippen molar-refractivity contribution in [3.8, 4) is 17.3 Å². The molecular formula is C27H26N5O2. The van der Waals surface area contributed by atoms with Gasteiger partial charge in [-0.2, -0.15) is 5.10 Å². The fourth-order valence-electron chi connectivity index (χ4n) is 4.53. The predicted molar refractivity (Wildman–Crippen MR) is 134 cm³/mol. The zero-order chi connectivity index (χ0) is 23.1. The van der Waals surface area contributed by atoms with Gasteiger partial charge in [0.15, 0.2) is 5.82 Å². The van der Waals surface area contributed by atoms with E-state index in [2.05, 4.69) is 58.2 Å². The van der Waals surface area contributed by atoms with E-state index < -0.39 is 0 Å². The summed E-state index contributed by atoms with van der Waals surface area (Å²) < 4.78 is 11.9. The lowest BCUT2D eigenvalue weighted by molar-refractivity contribution is 0.0499. The molecular weight excluding hydrogens is 426 g/mol. The van der Waals surface area contributed by atoms with Gasteiger partial charge < -0.3 is 19.4 Å². The van der Waals surface area contributed by atoms with Gasteiger partial charge in [0.2, 0.25) is 0 Å². The minimum atomic E-state index is -0.0334. The van der Waals surface area contributed by atoms with Crippen LogP contribution in [0.15, 0.2) is 66.7 Å². The molecule has 0 aliphatic carbocycles. The van der Waals surface area contributed by atoms with Crippen LogP contribution in [0.4, 0.5) is 5.69 Å². The van der Waals surface area contributed by atoms with Crippen LogP contribution in [0.5, 0.6) is 5.75 Å². The number of H-pyrrole nitrogens is 2. The van der Waals surface area contributed by atoms with E-state index in [9.17, 15) is 0 Å². The minimum Gasteiger partial charge on any atom is -0.488 e. The predicted octanol–water partition coefficient (Wildman–Crippen LogP) is 5.11. The van der Waals surface area contributed by atoms with E-state index in [1.54, 1.807) is 0 Å². The second kappa shape index (κ2) is 8.50. The van der Waals surface area contributed by atoms with E-state index >= 15 is 0 Å². The highest BCUT2D eigenvalue weighted by molar-refractivity contribution is 5.97. The lowest BCUT2D eigenvalue weighted by Crippen LogP contribution is -2.47. The molecule has 2 N–H and O–H groups in total. The lowest BCUT2D eigenvalue weighted by Gasteiger charge is -2.38. The molecule has 2 atom stereocenters. The minimum absolute atomic E-state index is 0.0334. The molecule has 0 bridgehead atoms. The number of imidazole rings is 1. The molecule has 6 rings (SSSR count). The third-order valence-electron chi connectivity index (χ3n) is 6.32. The Hall–Kier alpha value is -3.84. The Morgan fingerprint density at radius 1 is 1.09 bits per heavy atom. The molecule has 7 nitrogen and oxygen atoms in total. The van der Waals surface area contributed by atoms with Crippen LogP contribution in [-0.4, -0.2) is 45.5 Å². The van der Waals surface area contributed by atoms with Crippen LogP contribution in [0.3, 0.4) is 0 Å². The highest BCUT2D eigenvalue weighted by Gasteiger charge is 2.24. The summed E-state index contributed by atoms with van der Waals surface area (Å²) in [6.07, 6.45) is -0.0334. The molecule has 0 saturated carbocycles. The number of hydrogen-bond acceptors (Lipinski definition) is 5. The van der Waals surface area contributed by atoms with Gasteiger partial charge in [-0.1, -0.05) is 36.4 Å².